The zero-order valence-electron chi connectivity index (χ0n) is 13.3. The molecule has 0 aromatic carbocycles. The van der Waals surface area contributed by atoms with Crippen LogP contribution in [0.15, 0.2) is 17.1 Å². The highest BCUT2D eigenvalue weighted by atomic mass is 16.5. The smallest absolute Gasteiger partial charge is 0.325 e. The highest BCUT2D eigenvalue weighted by molar-refractivity contribution is 6.04. The Balaban J connectivity index is 2.20. The van der Waals surface area contributed by atoms with E-state index in [9.17, 15) is 9.59 Å². The van der Waals surface area contributed by atoms with Gasteiger partial charge in [0.05, 0.1) is 0 Å². The fourth-order valence-corrected chi connectivity index (χ4v) is 2.58. The van der Waals surface area contributed by atoms with Crippen LogP contribution < -0.4 is 10.6 Å². The number of aliphatic imine (C=N–C) groups is 1. The van der Waals surface area contributed by atoms with Crippen molar-refractivity contribution in [2.75, 3.05) is 33.9 Å². The number of likely N-dealkylation sites (N-methyl/N-ethyl adjacent to an activating group) is 1. The minimum absolute atomic E-state index is 0.316. The third-order valence-corrected chi connectivity index (χ3v) is 3.63. The quantitative estimate of drug-likeness (QED) is 0.521. The van der Waals surface area contributed by atoms with Crippen LogP contribution in [0.4, 0.5) is 4.79 Å². The molecule has 2 saturated heterocycles. The molecule has 8 heteroatoms. The molecule has 0 aromatic heterocycles. The molecule has 0 aliphatic carbocycles. The number of hydrogen-bond acceptors (Lipinski definition) is 4. The number of carbonyl (C=O) groups is 2. The second-order valence-electron chi connectivity index (χ2n) is 5.58. The number of rotatable bonds is 6. The molecule has 0 saturated carbocycles. The molecule has 2 rings (SSSR count). The van der Waals surface area contributed by atoms with E-state index in [4.69, 9.17) is 4.74 Å². The van der Waals surface area contributed by atoms with E-state index in [1.54, 1.807) is 14.2 Å². The van der Waals surface area contributed by atoms with E-state index < -0.39 is 18.2 Å². The number of ether oxygens (including phenoxy) is 1. The first-order valence-corrected chi connectivity index (χ1v) is 7.24. The lowest BCUT2D eigenvalue weighted by molar-refractivity contribution is -0.126. The van der Waals surface area contributed by atoms with Crippen LogP contribution in [0.25, 0.3) is 0 Å². The van der Waals surface area contributed by atoms with Gasteiger partial charge in [-0.15, -0.1) is 0 Å². The van der Waals surface area contributed by atoms with Crippen molar-refractivity contribution in [1.82, 2.24) is 20.4 Å². The van der Waals surface area contributed by atoms with Gasteiger partial charge in [-0.1, -0.05) is 12.2 Å². The van der Waals surface area contributed by atoms with Gasteiger partial charge >= 0.3 is 6.03 Å². The molecule has 0 bridgehead atoms. The Kier molecular flexibility index (Phi) is 5.02. The number of carbonyl (C=O) groups excluding carboxylic acids is 2. The summed E-state index contributed by atoms with van der Waals surface area (Å²) in [5.74, 6) is 0.301. The maximum Gasteiger partial charge on any atom is 0.325 e. The number of methoxy groups -OCH3 is 1. The zero-order valence-corrected chi connectivity index (χ0v) is 13.3. The van der Waals surface area contributed by atoms with Crippen LogP contribution in [0.3, 0.4) is 0 Å². The standard InChI is InChI=1S/C14H23N5O3/c1-9(2)8-19-10-11(18(3)14(21)17-12(10)20)16-13(19)15-6-5-7-22-4/h10-11H,1,5-8H2,2-4H3,(H,15,16)(H,17,20,21). The summed E-state index contributed by atoms with van der Waals surface area (Å²) in [5, 5.41) is 5.54. The van der Waals surface area contributed by atoms with Gasteiger partial charge in [-0.25, -0.2) is 4.79 Å². The third kappa shape index (κ3) is 3.22. The Morgan fingerprint density at radius 3 is 2.82 bits per heavy atom. The maximum atomic E-state index is 12.2. The molecule has 122 valence electrons. The molecule has 2 fully saturated rings. The van der Waals surface area contributed by atoms with Crippen molar-refractivity contribution in [2.45, 2.75) is 25.6 Å². The molecule has 2 aliphatic heterocycles. The summed E-state index contributed by atoms with van der Waals surface area (Å²) in [6.07, 6.45) is 0.376. The molecule has 2 aliphatic rings. The van der Waals surface area contributed by atoms with Crippen molar-refractivity contribution < 1.29 is 14.3 Å². The topological polar surface area (TPSA) is 86.3 Å². The Morgan fingerprint density at radius 1 is 1.45 bits per heavy atom. The summed E-state index contributed by atoms with van der Waals surface area (Å²) >= 11 is 0. The first kappa shape index (κ1) is 16.3. The molecular formula is C14H23N5O3. The molecule has 2 atom stereocenters. The number of urea groups is 1. The summed E-state index contributed by atoms with van der Waals surface area (Å²) in [4.78, 5) is 31.8. The minimum Gasteiger partial charge on any atom is -0.385 e. The Labute approximate surface area is 130 Å². The highest BCUT2D eigenvalue weighted by Gasteiger charge is 2.49. The van der Waals surface area contributed by atoms with Crippen LogP contribution >= 0.6 is 0 Å². The number of hydrogen-bond donors (Lipinski definition) is 2. The second kappa shape index (κ2) is 6.78. The number of nitrogens with zero attached hydrogens (tertiary/aromatic N) is 3. The second-order valence-corrected chi connectivity index (χ2v) is 5.58. The van der Waals surface area contributed by atoms with Crippen molar-refractivity contribution >= 4 is 17.9 Å². The van der Waals surface area contributed by atoms with Crippen molar-refractivity contribution in [3.05, 3.63) is 12.2 Å². The van der Waals surface area contributed by atoms with Gasteiger partial charge < -0.3 is 19.9 Å². The number of imide groups is 1. The number of fused-ring (bicyclic) bond motifs is 1. The highest BCUT2D eigenvalue weighted by Crippen LogP contribution is 2.21. The molecule has 22 heavy (non-hydrogen) atoms. The Morgan fingerprint density at radius 2 is 2.18 bits per heavy atom. The summed E-state index contributed by atoms with van der Waals surface area (Å²) < 4.78 is 5.01. The number of guanidine groups is 1. The SMILES string of the molecule is C=C(C)CN1C(=NCCCOC)NC2C1C(=O)NC(=O)N2C. The third-order valence-electron chi connectivity index (χ3n) is 3.63. The van der Waals surface area contributed by atoms with Gasteiger partial charge in [0.1, 0.15) is 6.17 Å². The number of amides is 3. The van der Waals surface area contributed by atoms with Crippen LogP contribution in [-0.2, 0) is 9.53 Å². The van der Waals surface area contributed by atoms with Gasteiger partial charge in [0.15, 0.2) is 12.0 Å². The minimum atomic E-state index is -0.499. The average molecular weight is 309 g/mol. The van der Waals surface area contributed by atoms with Gasteiger partial charge in [0.25, 0.3) is 5.91 Å². The predicted octanol–water partition coefficient (Wildman–Crippen LogP) is -0.263. The summed E-state index contributed by atoms with van der Waals surface area (Å²) in [7, 11) is 3.30. The van der Waals surface area contributed by atoms with Gasteiger partial charge in [-0.05, 0) is 13.3 Å². The molecule has 0 aromatic rings. The van der Waals surface area contributed by atoms with E-state index in [1.165, 1.54) is 4.90 Å². The number of nitrogens with one attached hydrogen (secondary N) is 2. The first-order valence-electron chi connectivity index (χ1n) is 7.24. The van der Waals surface area contributed by atoms with E-state index in [2.05, 4.69) is 22.2 Å². The van der Waals surface area contributed by atoms with E-state index in [0.29, 0.717) is 25.7 Å². The van der Waals surface area contributed by atoms with Crippen LogP contribution in [-0.4, -0.2) is 73.8 Å². The van der Waals surface area contributed by atoms with Crippen LogP contribution in [0, 0.1) is 0 Å². The lowest BCUT2D eigenvalue weighted by atomic mass is 10.1. The average Bonchev–Trinajstić information content (AvgIpc) is 2.80. The molecule has 2 unspecified atom stereocenters. The molecular weight excluding hydrogens is 286 g/mol. The van der Waals surface area contributed by atoms with E-state index in [1.807, 2.05) is 11.8 Å². The van der Waals surface area contributed by atoms with Crippen LogP contribution in [0.5, 0.6) is 0 Å². The fraction of sp³-hybridized carbons (Fsp3) is 0.643. The van der Waals surface area contributed by atoms with Crippen molar-refractivity contribution in [3.8, 4) is 0 Å². The fourth-order valence-electron chi connectivity index (χ4n) is 2.58. The van der Waals surface area contributed by atoms with Crippen molar-refractivity contribution in [1.29, 1.82) is 0 Å². The van der Waals surface area contributed by atoms with Gasteiger partial charge in [0.2, 0.25) is 0 Å². The van der Waals surface area contributed by atoms with E-state index >= 15 is 0 Å². The maximum absolute atomic E-state index is 12.2. The molecule has 2 heterocycles. The van der Waals surface area contributed by atoms with Crippen molar-refractivity contribution in [3.63, 3.8) is 0 Å². The molecule has 3 amide bonds. The van der Waals surface area contributed by atoms with Gasteiger partial charge in [-0.2, -0.15) is 0 Å². The lowest BCUT2D eigenvalue weighted by Gasteiger charge is -2.35. The lowest BCUT2D eigenvalue weighted by Crippen LogP contribution is -2.64. The van der Waals surface area contributed by atoms with E-state index in [0.717, 1.165) is 12.0 Å². The zero-order chi connectivity index (χ0) is 16.3. The molecule has 0 spiro atoms. The van der Waals surface area contributed by atoms with Crippen LogP contribution in [0.2, 0.25) is 0 Å². The predicted molar refractivity (Wildman–Crippen MR) is 82.3 cm³/mol. The summed E-state index contributed by atoms with van der Waals surface area (Å²) in [5.41, 5.74) is 0.916. The Bertz CT molecular complexity index is 505. The summed E-state index contributed by atoms with van der Waals surface area (Å²) in [6, 6.07) is -0.907. The van der Waals surface area contributed by atoms with Gasteiger partial charge in [0, 0.05) is 33.9 Å². The molecule has 8 nitrogen and oxygen atoms in total. The first-order chi connectivity index (χ1) is 10.5. The van der Waals surface area contributed by atoms with Gasteiger partial charge in [-0.3, -0.25) is 15.1 Å². The monoisotopic (exact) mass is 309 g/mol. The molecule has 0 radical (unpaired) electrons. The van der Waals surface area contributed by atoms with Crippen molar-refractivity contribution in [2.24, 2.45) is 4.99 Å². The Hall–Kier alpha value is -2.09. The van der Waals surface area contributed by atoms with Crippen LogP contribution in [0.1, 0.15) is 13.3 Å². The van der Waals surface area contributed by atoms with E-state index in [-0.39, 0.29) is 5.91 Å². The largest absolute Gasteiger partial charge is 0.385 e. The normalized spacial score (nSPS) is 26.0. The summed E-state index contributed by atoms with van der Waals surface area (Å²) in [6.45, 7) is 7.52. The molecule has 2 N–H and O–H groups in total.